The maximum Gasteiger partial charge on any atom is 0.323 e. The van der Waals surface area contributed by atoms with Gasteiger partial charge in [-0.1, -0.05) is 6.92 Å². The zero-order valence-corrected chi connectivity index (χ0v) is 10.0. The van der Waals surface area contributed by atoms with Gasteiger partial charge in [0.2, 0.25) is 0 Å². The summed E-state index contributed by atoms with van der Waals surface area (Å²) in [5, 5.41) is 16.3. The summed E-state index contributed by atoms with van der Waals surface area (Å²) in [6.07, 6.45) is 4.19. The minimum absolute atomic E-state index is 0.511. The number of hydrogen-bond donors (Lipinski definition) is 2. The second-order valence-corrected chi connectivity index (χ2v) is 4.20. The van der Waals surface area contributed by atoms with Gasteiger partial charge < -0.3 is 10.4 Å². The Hall–Kier alpha value is -1.36. The molecule has 0 bridgehead atoms. The summed E-state index contributed by atoms with van der Waals surface area (Å²) in [7, 11) is 0. The second-order valence-electron chi connectivity index (χ2n) is 4.20. The van der Waals surface area contributed by atoms with E-state index in [-0.39, 0.29) is 0 Å². The fraction of sp³-hybridized carbons (Fsp3) is 0.636. The molecular weight excluding hydrogens is 206 g/mol. The first-order valence-corrected chi connectivity index (χ1v) is 5.45. The summed E-state index contributed by atoms with van der Waals surface area (Å²) in [5.41, 5.74) is 0.203. The van der Waals surface area contributed by atoms with Gasteiger partial charge in [0.05, 0.1) is 6.20 Å². The van der Waals surface area contributed by atoms with Crippen LogP contribution in [0.15, 0.2) is 12.4 Å². The number of carboxylic acids is 1. The van der Waals surface area contributed by atoms with Gasteiger partial charge in [-0.3, -0.25) is 9.48 Å². The molecule has 1 aromatic heterocycles. The normalized spacial score (nSPS) is 14.7. The van der Waals surface area contributed by atoms with E-state index in [0.717, 1.165) is 5.56 Å². The first-order chi connectivity index (χ1) is 7.48. The molecule has 2 N–H and O–H groups in total. The predicted molar refractivity (Wildman–Crippen MR) is 61.3 cm³/mol. The van der Waals surface area contributed by atoms with Gasteiger partial charge >= 0.3 is 5.97 Å². The van der Waals surface area contributed by atoms with Gasteiger partial charge in [-0.05, 0) is 32.4 Å². The van der Waals surface area contributed by atoms with E-state index in [1.165, 1.54) is 0 Å². The fourth-order valence-electron chi connectivity index (χ4n) is 1.59. The highest BCUT2D eigenvalue weighted by Gasteiger charge is 2.31. The molecule has 5 nitrogen and oxygen atoms in total. The summed E-state index contributed by atoms with van der Waals surface area (Å²) in [6, 6.07) is 0. The molecule has 16 heavy (non-hydrogen) atoms. The van der Waals surface area contributed by atoms with Gasteiger partial charge in [-0.25, -0.2) is 0 Å². The monoisotopic (exact) mass is 225 g/mol. The van der Waals surface area contributed by atoms with Crippen LogP contribution in [-0.2, 0) is 11.3 Å². The molecule has 0 aliphatic heterocycles. The third-order valence-electron chi connectivity index (χ3n) is 2.64. The minimum atomic E-state index is -0.880. The quantitative estimate of drug-likeness (QED) is 0.759. The van der Waals surface area contributed by atoms with Crippen LogP contribution in [0.2, 0.25) is 0 Å². The van der Waals surface area contributed by atoms with E-state index >= 15 is 0 Å². The van der Waals surface area contributed by atoms with Crippen molar-refractivity contribution in [1.29, 1.82) is 0 Å². The van der Waals surface area contributed by atoms with Crippen molar-refractivity contribution in [2.45, 2.75) is 39.3 Å². The van der Waals surface area contributed by atoms with Crippen LogP contribution >= 0.6 is 0 Å². The molecule has 90 valence electrons. The van der Waals surface area contributed by atoms with E-state index in [1.807, 2.05) is 20.0 Å². The lowest BCUT2D eigenvalue weighted by molar-refractivity contribution is -0.144. The van der Waals surface area contributed by atoms with Crippen molar-refractivity contribution >= 4 is 5.97 Å². The van der Waals surface area contributed by atoms with Crippen LogP contribution in [0.5, 0.6) is 0 Å². The van der Waals surface area contributed by atoms with Gasteiger partial charge in [0, 0.05) is 12.7 Å². The Morgan fingerprint density at radius 1 is 1.69 bits per heavy atom. The van der Waals surface area contributed by atoms with Crippen molar-refractivity contribution in [3.8, 4) is 0 Å². The Morgan fingerprint density at radius 3 is 2.81 bits per heavy atom. The van der Waals surface area contributed by atoms with E-state index in [9.17, 15) is 4.79 Å². The minimum Gasteiger partial charge on any atom is -0.480 e. The molecule has 0 fully saturated rings. The van der Waals surface area contributed by atoms with Crippen LogP contribution < -0.4 is 5.32 Å². The molecule has 0 aliphatic rings. The van der Waals surface area contributed by atoms with Gasteiger partial charge in [0.25, 0.3) is 0 Å². The molecule has 1 rings (SSSR count). The molecule has 0 aromatic carbocycles. The van der Waals surface area contributed by atoms with Gasteiger partial charge in [0.1, 0.15) is 5.54 Å². The average molecular weight is 225 g/mol. The van der Waals surface area contributed by atoms with Crippen molar-refractivity contribution < 1.29 is 9.90 Å². The lowest BCUT2D eigenvalue weighted by atomic mass is 9.98. The molecule has 0 radical (unpaired) electrons. The first kappa shape index (κ1) is 12.7. The molecule has 1 aromatic rings. The summed E-state index contributed by atoms with van der Waals surface area (Å²) in [6.45, 7) is 6.81. The molecule has 1 atom stereocenters. The van der Waals surface area contributed by atoms with Gasteiger partial charge in [-0.15, -0.1) is 0 Å². The molecule has 1 heterocycles. The topological polar surface area (TPSA) is 67.2 Å². The van der Waals surface area contributed by atoms with Gasteiger partial charge in [0.15, 0.2) is 0 Å². The Bertz CT molecular complexity index is 362. The zero-order valence-electron chi connectivity index (χ0n) is 10.0. The lowest BCUT2D eigenvalue weighted by Gasteiger charge is -2.25. The lowest BCUT2D eigenvalue weighted by Crippen LogP contribution is -2.50. The maximum atomic E-state index is 11.1. The molecule has 0 spiro atoms. The number of nitrogens with one attached hydrogen (secondary N) is 1. The number of aryl methyl sites for hydroxylation is 2. The van der Waals surface area contributed by atoms with Crippen LogP contribution in [0.1, 0.15) is 25.8 Å². The highest BCUT2D eigenvalue weighted by molar-refractivity contribution is 5.78. The van der Waals surface area contributed by atoms with Crippen molar-refractivity contribution in [2.75, 3.05) is 6.54 Å². The number of carboxylic acid groups (broad SMARTS) is 1. The van der Waals surface area contributed by atoms with E-state index in [1.54, 1.807) is 17.8 Å². The van der Waals surface area contributed by atoms with Crippen LogP contribution in [0.4, 0.5) is 0 Å². The number of aliphatic carboxylic acids is 1. The molecule has 0 saturated carbocycles. The molecular formula is C11H19N3O2. The average Bonchev–Trinajstić information content (AvgIpc) is 2.61. The number of hydrogen-bond acceptors (Lipinski definition) is 3. The second kappa shape index (κ2) is 5.12. The first-order valence-electron chi connectivity index (χ1n) is 5.45. The SMILES string of the molecule is CCNC(C)(CCn1cc(C)cn1)C(=O)O. The summed E-state index contributed by atoms with van der Waals surface area (Å²) in [5.74, 6) is -0.821. The molecule has 0 amide bonds. The predicted octanol–water partition coefficient (Wildman–Crippen LogP) is 1.03. The largest absolute Gasteiger partial charge is 0.480 e. The summed E-state index contributed by atoms with van der Waals surface area (Å²) >= 11 is 0. The highest BCUT2D eigenvalue weighted by atomic mass is 16.4. The Kier molecular flexibility index (Phi) is 4.06. The van der Waals surface area contributed by atoms with E-state index < -0.39 is 11.5 Å². The third kappa shape index (κ3) is 3.06. The molecule has 0 aliphatic carbocycles. The summed E-state index contributed by atoms with van der Waals surface area (Å²) in [4.78, 5) is 11.1. The van der Waals surface area contributed by atoms with Crippen LogP contribution in [-0.4, -0.2) is 32.9 Å². The third-order valence-corrected chi connectivity index (χ3v) is 2.64. The fourth-order valence-corrected chi connectivity index (χ4v) is 1.59. The van der Waals surface area contributed by atoms with Gasteiger partial charge in [-0.2, -0.15) is 5.10 Å². The van der Waals surface area contributed by atoms with Crippen molar-refractivity contribution in [3.63, 3.8) is 0 Å². The van der Waals surface area contributed by atoms with Crippen LogP contribution in [0.3, 0.4) is 0 Å². The smallest absolute Gasteiger partial charge is 0.323 e. The number of carbonyl (C=O) groups is 1. The summed E-state index contributed by atoms with van der Waals surface area (Å²) < 4.78 is 1.77. The van der Waals surface area contributed by atoms with Crippen LogP contribution in [0, 0.1) is 6.92 Å². The Labute approximate surface area is 95.5 Å². The van der Waals surface area contributed by atoms with E-state index in [2.05, 4.69) is 10.4 Å². The van der Waals surface area contributed by atoms with Crippen molar-refractivity contribution in [3.05, 3.63) is 18.0 Å². The highest BCUT2D eigenvalue weighted by Crippen LogP contribution is 2.11. The van der Waals surface area contributed by atoms with Crippen molar-refractivity contribution in [1.82, 2.24) is 15.1 Å². The number of aromatic nitrogens is 2. The van der Waals surface area contributed by atoms with E-state index in [4.69, 9.17) is 5.11 Å². The molecule has 5 heteroatoms. The zero-order chi connectivity index (χ0) is 12.2. The van der Waals surface area contributed by atoms with Crippen molar-refractivity contribution in [2.24, 2.45) is 0 Å². The number of likely N-dealkylation sites (N-methyl/N-ethyl adjacent to an activating group) is 1. The Morgan fingerprint density at radius 2 is 2.38 bits per heavy atom. The van der Waals surface area contributed by atoms with E-state index in [0.29, 0.717) is 19.5 Å². The maximum absolute atomic E-state index is 11.1. The Balaban J connectivity index is 2.60. The van der Waals surface area contributed by atoms with Crippen LogP contribution in [0.25, 0.3) is 0 Å². The standard InChI is InChI=1S/C11H19N3O2/c1-4-12-11(3,10(15)16)5-6-14-8-9(2)7-13-14/h7-8,12H,4-6H2,1-3H3,(H,15,16). The number of rotatable bonds is 6. The molecule has 0 saturated heterocycles. The molecule has 1 unspecified atom stereocenters. The number of nitrogens with zero attached hydrogens (tertiary/aromatic N) is 2.